The Morgan fingerprint density at radius 3 is 2.67 bits per heavy atom. The summed E-state index contributed by atoms with van der Waals surface area (Å²) >= 11 is 6.16. The number of benzene rings is 2. The predicted molar refractivity (Wildman–Crippen MR) is 133 cm³/mol. The lowest BCUT2D eigenvalue weighted by molar-refractivity contribution is -0.149. The molecule has 0 saturated carbocycles. The number of amides is 6. The molecule has 3 N–H and O–H groups in total. The second-order valence-corrected chi connectivity index (χ2v) is 8.92. The number of carbonyl (C=O) groups is 5. The highest BCUT2D eigenvalue weighted by molar-refractivity contribution is 6.31. The fourth-order valence-electron chi connectivity index (χ4n) is 3.92. The van der Waals surface area contributed by atoms with E-state index in [2.05, 4.69) is 16.0 Å². The largest absolute Gasteiger partial charge is 0.351 e. The van der Waals surface area contributed by atoms with E-state index in [9.17, 15) is 24.0 Å². The highest BCUT2D eigenvalue weighted by atomic mass is 35.5. The molecule has 2 aliphatic heterocycles. The third kappa shape index (κ3) is 5.23. The normalized spacial score (nSPS) is 17.6. The molecule has 1 fully saturated rings. The lowest BCUT2D eigenvalue weighted by Crippen LogP contribution is -2.54. The Kier molecular flexibility index (Phi) is 7.07. The topological polar surface area (TPSA) is 128 Å². The number of rotatable bonds is 6. The summed E-state index contributed by atoms with van der Waals surface area (Å²) in [5.74, 6) is -2.37. The summed E-state index contributed by atoms with van der Waals surface area (Å²) in [5.41, 5.74) is 2.86. The average molecular weight is 510 g/mol. The number of hydrogen-bond donors (Lipinski definition) is 3. The van der Waals surface area contributed by atoms with E-state index < -0.39 is 29.7 Å². The van der Waals surface area contributed by atoms with E-state index in [1.54, 1.807) is 43.4 Å². The molecule has 2 aliphatic rings. The average Bonchev–Trinajstić information content (AvgIpc) is 3.11. The van der Waals surface area contributed by atoms with Gasteiger partial charge in [0.15, 0.2) is 0 Å². The summed E-state index contributed by atoms with van der Waals surface area (Å²) in [6.07, 6.45) is 1.26. The minimum Gasteiger partial charge on any atom is -0.351 e. The van der Waals surface area contributed by atoms with Crippen LogP contribution in [0.4, 0.5) is 16.2 Å². The summed E-state index contributed by atoms with van der Waals surface area (Å²) < 4.78 is 0. The van der Waals surface area contributed by atoms with Crippen LogP contribution in [0.2, 0.25) is 5.02 Å². The maximum atomic E-state index is 12.8. The number of piperidine rings is 1. The van der Waals surface area contributed by atoms with E-state index in [0.717, 1.165) is 22.1 Å². The zero-order valence-corrected chi connectivity index (χ0v) is 20.4. The van der Waals surface area contributed by atoms with Gasteiger partial charge in [-0.2, -0.15) is 0 Å². The van der Waals surface area contributed by atoms with E-state index in [-0.39, 0.29) is 31.1 Å². The highest BCUT2D eigenvalue weighted by Crippen LogP contribution is 2.24. The molecule has 0 radical (unpaired) electrons. The van der Waals surface area contributed by atoms with Crippen molar-refractivity contribution < 1.29 is 24.0 Å². The number of anilines is 2. The van der Waals surface area contributed by atoms with Crippen molar-refractivity contribution in [2.24, 2.45) is 0 Å². The zero-order chi connectivity index (χ0) is 26.0. The molecule has 0 aliphatic carbocycles. The van der Waals surface area contributed by atoms with Gasteiger partial charge in [0.1, 0.15) is 11.7 Å². The fraction of sp³-hybridized carbons (Fsp3) is 0.240. The maximum absolute atomic E-state index is 12.8. The van der Waals surface area contributed by atoms with Crippen molar-refractivity contribution in [1.82, 2.24) is 15.5 Å². The number of imide groups is 2. The first-order valence-corrected chi connectivity index (χ1v) is 11.6. The number of nitrogens with zero attached hydrogens (tertiary/aromatic N) is 2. The summed E-state index contributed by atoms with van der Waals surface area (Å²) in [7, 11) is 1.64. The molecule has 11 heteroatoms. The molecule has 2 aromatic carbocycles. The van der Waals surface area contributed by atoms with Crippen LogP contribution in [0.3, 0.4) is 0 Å². The van der Waals surface area contributed by atoms with Crippen LogP contribution >= 0.6 is 11.6 Å². The number of carbonyl (C=O) groups excluding carboxylic acids is 5. The summed E-state index contributed by atoms with van der Waals surface area (Å²) in [5, 5.41) is 8.46. The molecule has 1 saturated heterocycles. The number of hydrogen-bond acceptors (Lipinski definition) is 6. The van der Waals surface area contributed by atoms with E-state index in [1.807, 2.05) is 13.0 Å². The third-order valence-electron chi connectivity index (χ3n) is 5.97. The summed E-state index contributed by atoms with van der Waals surface area (Å²) in [6, 6.07) is 11.0. The lowest BCUT2D eigenvalue weighted by atomic mass is 10.0. The summed E-state index contributed by atoms with van der Waals surface area (Å²) in [4.78, 5) is 63.7. The number of aryl methyl sites for hydroxylation is 1. The van der Waals surface area contributed by atoms with Gasteiger partial charge in [0.25, 0.3) is 11.8 Å². The Morgan fingerprint density at radius 1 is 1.17 bits per heavy atom. The molecule has 2 aromatic rings. The lowest BCUT2D eigenvalue weighted by Gasteiger charge is -2.28. The van der Waals surface area contributed by atoms with Crippen LogP contribution in [-0.4, -0.2) is 47.6 Å². The first-order valence-electron chi connectivity index (χ1n) is 11.2. The Morgan fingerprint density at radius 2 is 1.94 bits per heavy atom. The minimum atomic E-state index is -1.03. The van der Waals surface area contributed by atoms with E-state index in [4.69, 9.17) is 11.6 Å². The predicted octanol–water partition coefficient (Wildman–Crippen LogP) is 2.46. The molecule has 0 aromatic heterocycles. The number of urea groups is 1. The van der Waals surface area contributed by atoms with Crippen LogP contribution < -0.4 is 20.9 Å². The molecule has 2 heterocycles. The molecule has 6 amide bonds. The summed E-state index contributed by atoms with van der Waals surface area (Å²) in [6.45, 7) is 2.09. The minimum absolute atomic E-state index is 0.0156. The first-order chi connectivity index (χ1) is 17.1. The molecule has 186 valence electrons. The van der Waals surface area contributed by atoms with Crippen molar-refractivity contribution in [2.45, 2.75) is 32.4 Å². The molecule has 36 heavy (non-hydrogen) atoms. The Labute approximate surface area is 212 Å². The molecule has 1 atom stereocenters. The van der Waals surface area contributed by atoms with Gasteiger partial charge in [-0.05, 0) is 48.7 Å². The van der Waals surface area contributed by atoms with Gasteiger partial charge in [-0.15, -0.1) is 0 Å². The second kappa shape index (κ2) is 10.2. The van der Waals surface area contributed by atoms with E-state index >= 15 is 0 Å². The highest BCUT2D eigenvalue weighted by Gasteiger charge is 2.42. The van der Waals surface area contributed by atoms with Gasteiger partial charge in [-0.1, -0.05) is 29.8 Å². The number of nitrogens with one attached hydrogen (secondary N) is 3. The Bertz CT molecular complexity index is 1310. The van der Waals surface area contributed by atoms with Crippen molar-refractivity contribution >= 4 is 52.6 Å². The van der Waals surface area contributed by atoms with Crippen LogP contribution in [0.1, 0.15) is 24.0 Å². The smallest absolute Gasteiger partial charge is 0.321 e. The molecular weight excluding hydrogens is 486 g/mol. The molecule has 1 unspecified atom stereocenters. The van der Waals surface area contributed by atoms with Gasteiger partial charge < -0.3 is 10.6 Å². The van der Waals surface area contributed by atoms with Crippen molar-refractivity contribution in [3.63, 3.8) is 0 Å². The zero-order valence-electron chi connectivity index (χ0n) is 19.6. The third-order valence-corrected chi connectivity index (χ3v) is 6.38. The standard InChI is InChI=1S/C25H24ClN5O5/c1-14-6-7-17(11-18(14)26)30(2)25(36)27-13-15-4-3-5-16(10-15)28-19-12-22(33)31(24(19)35)20-8-9-21(32)29-23(20)34/h3-7,10-12,20,28H,8-9,13H2,1-2H3,(H,27,36)(H,29,32,34). The van der Waals surface area contributed by atoms with Gasteiger partial charge in [-0.3, -0.25) is 34.3 Å². The monoisotopic (exact) mass is 509 g/mol. The van der Waals surface area contributed by atoms with Crippen LogP contribution in [0, 0.1) is 6.92 Å². The van der Waals surface area contributed by atoms with Crippen LogP contribution in [0.15, 0.2) is 54.2 Å². The Hall–Kier alpha value is -4.18. The quantitative estimate of drug-likeness (QED) is 0.513. The molecule has 4 rings (SSSR count). The van der Waals surface area contributed by atoms with Gasteiger partial charge in [0, 0.05) is 42.5 Å². The van der Waals surface area contributed by atoms with Crippen molar-refractivity contribution in [1.29, 1.82) is 0 Å². The van der Waals surface area contributed by atoms with Crippen LogP contribution in [0.5, 0.6) is 0 Å². The number of halogens is 1. The molecule has 0 spiro atoms. The van der Waals surface area contributed by atoms with Crippen LogP contribution in [-0.2, 0) is 25.7 Å². The Balaban J connectivity index is 1.37. The second-order valence-electron chi connectivity index (χ2n) is 8.51. The van der Waals surface area contributed by atoms with Crippen LogP contribution in [0.25, 0.3) is 0 Å². The van der Waals surface area contributed by atoms with Crippen molar-refractivity contribution in [3.05, 3.63) is 70.4 Å². The molecule has 0 bridgehead atoms. The molecule has 10 nitrogen and oxygen atoms in total. The SMILES string of the molecule is Cc1ccc(N(C)C(=O)NCc2cccc(NC3=CC(=O)N(C4CCC(=O)NC4=O)C3=O)c2)cc1Cl. The molecular formula is C25H24ClN5O5. The van der Waals surface area contributed by atoms with Crippen molar-refractivity contribution in [2.75, 3.05) is 17.3 Å². The van der Waals surface area contributed by atoms with E-state index in [1.165, 1.54) is 4.90 Å². The van der Waals surface area contributed by atoms with Gasteiger partial charge >= 0.3 is 6.03 Å². The fourth-order valence-corrected chi connectivity index (χ4v) is 4.09. The van der Waals surface area contributed by atoms with Gasteiger partial charge in [0.2, 0.25) is 11.8 Å². The van der Waals surface area contributed by atoms with Gasteiger partial charge in [-0.25, -0.2) is 4.79 Å². The van der Waals surface area contributed by atoms with E-state index in [0.29, 0.717) is 16.4 Å². The van der Waals surface area contributed by atoms with Gasteiger partial charge in [0.05, 0.1) is 0 Å². The van der Waals surface area contributed by atoms with Crippen molar-refractivity contribution in [3.8, 4) is 0 Å². The maximum Gasteiger partial charge on any atom is 0.321 e. The first kappa shape index (κ1) is 24.9.